The fraction of sp³-hybridized carbons (Fsp3) is 0.167. The molecule has 24 heavy (non-hydrogen) atoms. The normalized spacial score (nSPS) is 12.0. The fourth-order valence-corrected chi connectivity index (χ4v) is 2.52. The van der Waals surface area contributed by atoms with Gasteiger partial charge in [0.25, 0.3) is 5.56 Å². The fourth-order valence-electron chi connectivity index (χ4n) is 2.52. The van der Waals surface area contributed by atoms with Crippen LogP contribution in [-0.4, -0.2) is 27.8 Å². The SMILES string of the molecule is O=C(Cc1n[nH]c(=O)c2ccccc12)NC[C@@H](O)c1ccccc1. The van der Waals surface area contributed by atoms with E-state index in [0.29, 0.717) is 16.5 Å². The number of hydrogen-bond acceptors (Lipinski definition) is 4. The third kappa shape index (κ3) is 3.49. The Morgan fingerprint density at radius 2 is 1.75 bits per heavy atom. The number of nitrogens with one attached hydrogen (secondary N) is 2. The Bertz CT molecular complexity index is 906. The number of rotatable bonds is 5. The average molecular weight is 323 g/mol. The number of aliphatic hydroxyl groups excluding tert-OH is 1. The Labute approximate surface area is 138 Å². The largest absolute Gasteiger partial charge is 0.387 e. The minimum atomic E-state index is -0.768. The van der Waals surface area contributed by atoms with Crippen molar-refractivity contribution in [1.29, 1.82) is 0 Å². The van der Waals surface area contributed by atoms with Gasteiger partial charge in [0.15, 0.2) is 0 Å². The molecule has 0 spiro atoms. The van der Waals surface area contributed by atoms with Gasteiger partial charge in [0, 0.05) is 11.9 Å². The number of hydrogen-bond donors (Lipinski definition) is 3. The summed E-state index contributed by atoms with van der Waals surface area (Å²) in [6.45, 7) is 0.115. The monoisotopic (exact) mass is 323 g/mol. The Kier molecular flexibility index (Phi) is 4.67. The summed E-state index contributed by atoms with van der Waals surface area (Å²) in [5, 5.41) is 20.3. The van der Waals surface area contributed by atoms with Crippen LogP contribution in [0.1, 0.15) is 17.4 Å². The maximum atomic E-state index is 12.1. The molecule has 1 aromatic heterocycles. The number of aromatic nitrogens is 2. The molecule has 0 saturated carbocycles. The first-order chi connectivity index (χ1) is 11.6. The lowest BCUT2D eigenvalue weighted by molar-refractivity contribution is -0.120. The van der Waals surface area contributed by atoms with Crippen molar-refractivity contribution in [1.82, 2.24) is 15.5 Å². The molecule has 2 aromatic carbocycles. The lowest BCUT2D eigenvalue weighted by Gasteiger charge is -2.12. The predicted octanol–water partition coefficient (Wildman–Crippen LogP) is 1.32. The van der Waals surface area contributed by atoms with Crippen molar-refractivity contribution in [3.63, 3.8) is 0 Å². The number of H-pyrrole nitrogens is 1. The van der Waals surface area contributed by atoms with Gasteiger partial charge in [-0.15, -0.1) is 0 Å². The number of aliphatic hydroxyl groups is 1. The van der Waals surface area contributed by atoms with Crippen LogP contribution in [0, 0.1) is 0 Å². The molecule has 1 amide bonds. The first kappa shape index (κ1) is 15.9. The molecule has 0 saturated heterocycles. The van der Waals surface area contributed by atoms with E-state index < -0.39 is 6.10 Å². The molecule has 0 aliphatic heterocycles. The van der Waals surface area contributed by atoms with Crippen LogP contribution in [0.5, 0.6) is 0 Å². The van der Waals surface area contributed by atoms with Gasteiger partial charge in [0.1, 0.15) is 0 Å². The Balaban J connectivity index is 1.68. The summed E-state index contributed by atoms with van der Waals surface area (Å²) in [5.74, 6) is -0.269. The van der Waals surface area contributed by atoms with Crippen molar-refractivity contribution in [2.24, 2.45) is 0 Å². The van der Waals surface area contributed by atoms with Gasteiger partial charge >= 0.3 is 0 Å². The second-order valence-electron chi connectivity index (χ2n) is 5.45. The lowest BCUT2D eigenvalue weighted by atomic mass is 10.1. The number of nitrogens with zero attached hydrogens (tertiary/aromatic N) is 1. The molecule has 6 nitrogen and oxygen atoms in total. The van der Waals surface area contributed by atoms with Gasteiger partial charge in [-0.3, -0.25) is 9.59 Å². The van der Waals surface area contributed by atoms with Crippen LogP contribution in [0.2, 0.25) is 0 Å². The van der Waals surface area contributed by atoms with Crippen LogP contribution < -0.4 is 10.9 Å². The summed E-state index contributed by atoms with van der Waals surface area (Å²) in [5.41, 5.74) is 0.955. The van der Waals surface area contributed by atoms with Crippen molar-refractivity contribution in [2.75, 3.05) is 6.54 Å². The third-order valence-corrected chi connectivity index (χ3v) is 3.78. The van der Waals surface area contributed by atoms with E-state index >= 15 is 0 Å². The molecule has 0 bridgehead atoms. The molecule has 0 radical (unpaired) electrons. The highest BCUT2D eigenvalue weighted by molar-refractivity contribution is 5.88. The van der Waals surface area contributed by atoms with E-state index in [1.54, 1.807) is 36.4 Å². The number of carbonyl (C=O) groups excluding carboxylic acids is 1. The highest BCUT2D eigenvalue weighted by atomic mass is 16.3. The van der Waals surface area contributed by atoms with Gasteiger partial charge in [-0.2, -0.15) is 5.10 Å². The molecule has 3 N–H and O–H groups in total. The van der Waals surface area contributed by atoms with Crippen molar-refractivity contribution >= 4 is 16.7 Å². The van der Waals surface area contributed by atoms with Crippen molar-refractivity contribution in [3.05, 3.63) is 76.2 Å². The number of fused-ring (bicyclic) bond motifs is 1. The molecule has 0 aliphatic rings. The lowest BCUT2D eigenvalue weighted by Crippen LogP contribution is -2.30. The molecule has 0 unspecified atom stereocenters. The molecule has 1 heterocycles. The molecule has 122 valence electrons. The molecule has 3 aromatic rings. The molecule has 6 heteroatoms. The molecule has 3 rings (SSSR count). The quantitative estimate of drug-likeness (QED) is 0.660. The van der Waals surface area contributed by atoms with Gasteiger partial charge in [-0.05, 0) is 11.6 Å². The zero-order valence-corrected chi connectivity index (χ0v) is 12.9. The summed E-state index contributed by atoms with van der Waals surface area (Å²) in [7, 11) is 0. The summed E-state index contributed by atoms with van der Waals surface area (Å²) in [4.78, 5) is 23.9. The van der Waals surface area contributed by atoms with E-state index in [1.165, 1.54) is 0 Å². The number of amides is 1. The highest BCUT2D eigenvalue weighted by Gasteiger charge is 2.12. The van der Waals surface area contributed by atoms with E-state index in [2.05, 4.69) is 15.5 Å². The molecular weight excluding hydrogens is 306 g/mol. The van der Waals surface area contributed by atoms with Gasteiger partial charge < -0.3 is 10.4 Å². The highest BCUT2D eigenvalue weighted by Crippen LogP contribution is 2.13. The minimum Gasteiger partial charge on any atom is -0.387 e. The van der Waals surface area contributed by atoms with Crippen LogP contribution in [0.3, 0.4) is 0 Å². The summed E-state index contributed by atoms with van der Waals surface area (Å²) in [6.07, 6.45) is -0.742. The second kappa shape index (κ2) is 7.06. The summed E-state index contributed by atoms with van der Waals surface area (Å²) < 4.78 is 0. The Hall–Kier alpha value is -2.99. The predicted molar refractivity (Wildman–Crippen MR) is 90.5 cm³/mol. The number of carbonyl (C=O) groups is 1. The second-order valence-corrected chi connectivity index (χ2v) is 5.45. The van der Waals surface area contributed by atoms with Crippen molar-refractivity contribution < 1.29 is 9.90 Å². The summed E-state index contributed by atoms with van der Waals surface area (Å²) in [6, 6.07) is 16.1. The maximum absolute atomic E-state index is 12.1. The smallest absolute Gasteiger partial charge is 0.272 e. The average Bonchev–Trinajstić information content (AvgIpc) is 2.63. The van der Waals surface area contributed by atoms with E-state index in [9.17, 15) is 14.7 Å². The maximum Gasteiger partial charge on any atom is 0.272 e. The first-order valence-electron chi connectivity index (χ1n) is 7.61. The zero-order chi connectivity index (χ0) is 16.9. The molecule has 0 aliphatic carbocycles. The molecule has 0 fully saturated rings. The van der Waals surface area contributed by atoms with Gasteiger partial charge in [0.2, 0.25) is 5.91 Å². The summed E-state index contributed by atoms with van der Waals surface area (Å²) >= 11 is 0. The minimum absolute atomic E-state index is 0.0266. The van der Waals surface area contributed by atoms with Crippen molar-refractivity contribution in [2.45, 2.75) is 12.5 Å². The topological polar surface area (TPSA) is 95.1 Å². The van der Waals surface area contributed by atoms with Crippen molar-refractivity contribution in [3.8, 4) is 0 Å². The Morgan fingerprint density at radius 1 is 1.08 bits per heavy atom. The number of benzene rings is 2. The van der Waals surface area contributed by atoms with E-state index in [-0.39, 0.29) is 24.4 Å². The van der Waals surface area contributed by atoms with Crippen LogP contribution in [-0.2, 0) is 11.2 Å². The van der Waals surface area contributed by atoms with E-state index in [4.69, 9.17) is 0 Å². The van der Waals surface area contributed by atoms with E-state index in [0.717, 1.165) is 5.56 Å². The van der Waals surface area contributed by atoms with E-state index in [1.807, 2.05) is 18.2 Å². The molecular formula is C18H17N3O3. The third-order valence-electron chi connectivity index (χ3n) is 3.78. The first-order valence-corrected chi connectivity index (χ1v) is 7.61. The van der Waals surface area contributed by atoms with Gasteiger partial charge in [0.05, 0.1) is 23.6 Å². The molecule has 1 atom stereocenters. The van der Waals surface area contributed by atoms with Gasteiger partial charge in [-0.1, -0.05) is 48.5 Å². The number of aromatic amines is 1. The van der Waals surface area contributed by atoms with Gasteiger partial charge in [-0.25, -0.2) is 5.10 Å². The van der Waals surface area contributed by atoms with Crippen LogP contribution >= 0.6 is 0 Å². The van der Waals surface area contributed by atoms with Crippen LogP contribution in [0.25, 0.3) is 10.8 Å². The van der Waals surface area contributed by atoms with Crippen LogP contribution in [0.4, 0.5) is 0 Å². The Morgan fingerprint density at radius 3 is 2.50 bits per heavy atom. The zero-order valence-electron chi connectivity index (χ0n) is 12.9. The standard InChI is InChI=1S/C18H17N3O3/c22-16(12-6-2-1-3-7-12)11-19-17(23)10-15-13-8-4-5-9-14(13)18(24)21-20-15/h1-9,16,22H,10-11H2,(H,19,23)(H,21,24)/t16-/m1/s1. The van der Waals surface area contributed by atoms with Crippen LogP contribution in [0.15, 0.2) is 59.4 Å².